The Kier molecular flexibility index (Phi) is 4.65. The van der Waals surface area contributed by atoms with Gasteiger partial charge in [-0.15, -0.1) is 0 Å². The minimum atomic E-state index is -0.146. The highest BCUT2D eigenvalue weighted by molar-refractivity contribution is 6.00. The molecule has 0 amide bonds. The van der Waals surface area contributed by atoms with Gasteiger partial charge in [0.2, 0.25) is 0 Å². The summed E-state index contributed by atoms with van der Waals surface area (Å²) in [5.41, 5.74) is 5.22. The summed E-state index contributed by atoms with van der Waals surface area (Å²) < 4.78 is 6.77. The molecule has 0 aliphatic heterocycles. The van der Waals surface area contributed by atoms with Crippen LogP contribution in [0.5, 0.6) is 0 Å². The Labute approximate surface area is 173 Å². The minimum Gasteiger partial charge on any atom is -0.378 e. The van der Waals surface area contributed by atoms with Crippen LogP contribution in [0.4, 0.5) is 0 Å². The molecule has 0 atom stereocenters. The van der Waals surface area contributed by atoms with Crippen molar-refractivity contribution in [1.82, 2.24) is 14.6 Å². The molecule has 0 aliphatic carbocycles. The molecule has 5 heteroatoms. The average molecular weight is 395 g/mol. The average Bonchev–Trinajstić information content (AvgIpc) is 3.12. The van der Waals surface area contributed by atoms with E-state index in [1.54, 1.807) is 7.11 Å². The predicted octanol–water partition coefficient (Wildman–Crippen LogP) is 4.58. The fourth-order valence-electron chi connectivity index (χ4n) is 4.01. The van der Waals surface area contributed by atoms with E-state index in [9.17, 15) is 4.79 Å². The predicted molar refractivity (Wildman–Crippen MR) is 119 cm³/mol. The van der Waals surface area contributed by atoms with Gasteiger partial charge in [-0.1, -0.05) is 72.8 Å². The number of aromatic nitrogens is 3. The van der Waals surface area contributed by atoms with E-state index in [1.807, 2.05) is 36.4 Å². The van der Waals surface area contributed by atoms with E-state index in [0.717, 1.165) is 33.2 Å². The standard InChI is InChI=1S/C25H21N3O2/c1-30-16-19-15-23(29)28-25(26-19)24(22(27-28)14-17-8-3-2-4-9-17)21-13-7-11-18-10-5-6-12-20(18)21/h2-13,15,27H,14,16H2,1H3. The third kappa shape index (κ3) is 3.19. The first-order valence-electron chi connectivity index (χ1n) is 9.89. The fraction of sp³-hybridized carbons (Fsp3) is 0.120. The van der Waals surface area contributed by atoms with Crippen molar-refractivity contribution in [3.8, 4) is 11.1 Å². The van der Waals surface area contributed by atoms with Gasteiger partial charge in [-0.3, -0.25) is 9.89 Å². The van der Waals surface area contributed by atoms with Gasteiger partial charge in [-0.05, 0) is 21.9 Å². The Balaban J connectivity index is 1.83. The molecule has 5 nitrogen and oxygen atoms in total. The van der Waals surface area contributed by atoms with Crippen molar-refractivity contribution >= 4 is 16.4 Å². The number of fused-ring (bicyclic) bond motifs is 2. The molecule has 2 aromatic heterocycles. The van der Waals surface area contributed by atoms with Crippen LogP contribution in [0.2, 0.25) is 0 Å². The van der Waals surface area contributed by atoms with Gasteiger partial charge in [-0.25, -0.2) is 9.50 Å². The normalized spacial score (nSPS) is 11.4. The summed E-state index contributed by atoms with van der Waals surface area (Å²) in [5.74, 6) is 0. The molecule has 0 saturated carbocycles. The van der Waals surface area contributed by atoms with Gasteiger partial charge in [0.25, 0.3) is 5.56 Å². The lowest BCUT2D eigenvalue weighted by molar-refractivity contribution is 0.181. The molecular formula is C25H21N3O2. The van der Waals surface area contributed by atoms with E-state index >= 15 is 0 Å². The lowest BCUT2D eigenvalue weighted by Crippen LogP contribution is -2.16. The van der Waals surface area contributed by atoms with Crippen LogP contribution in [0.25, 0.3) is 27.5 Å². The second kappa shape index (κ2) is 7.61. The van der Waals surface area contributed by atoms with Crippen LogP contribution < -0.4 is 5.56 Å². The maximum Gasteiger partial charge on any atom is 0.273 e. The number of aromatic amines is 1. The van der Waals surface area contributed by atoms with Gasteiger partial charge in [0, 0.05) is 30.9 Å². The van der Waals surface area contributed by atoms with E-state index in [-0.39, 0.29) is 5.56 Å². The first kappa shape index (κ1) is 18.3. The second-order valence-electron chi connectivity index (χ2n) is 7.33. The van der Waals surface area contributed by atoms with Crippen molar-refractivity contribution in [3.63, 3.8) is 0 Å². The number of hydrogen-bond donors (Lipinski definition) is 1. The molecule has 1 N–H and O–H groups in total. The highest BCUT2D eigenvalue weighted by atomic mass is 16.5. The summed E-state index contributed by atoms with van der Waals surface area (Å²) in [7, 11) is 1.60. The summed E-state index contributed by atoms with van der Waals surface area (Å²) >= 11 is 0. The number of H-pyrrole nitrogens is 1. The molecule has 0 spiro atoms. The number of hydrogen-bond acceptors (Lipinski definition) is 3. The Morgan fingerprint density at radius 2 is 1.73 bits per heavy atom. The number of ether oxygens (including phenoxy) is 1. The smallest absolute Gasteiger partial charge is 0.273 e. The third-order valence-electron chi connectivity index (χ3n) is 5.32. The lowest BCUT2D eigenvalue weighted by atomic mass is 9.96. The van der Waals surface area contributed by atoms with E-state index in [2.05, 4.69) is 41.5 Å². The summed E-state index contributed by atoms with van der Waals surface area (Å²) in [5, 5.41) is 5.59. The molecule has 30 heavy (non-hydrogen) atoms. The zero-order valence-corrected chi connectivity index (χ0v) is 16.6. The van der Waals surface area contributed by atoms with Gasteiger partial charge < -0.3 is 4.74 Å². The first-order valence-corrected chi connectivity index (χ1v) is 9.89. The van der Waals surface area contributed by atoms with Gasteiger partial charge >= 0.3 is 0 Å². The molecule has 148 valence electrons. The van der Waals surface area contributed by atoms with Gasteiger partial charge in [0.1, 0.15) is 0 Å². The van der Waals surface area contributed by atoms with Gasteiger partial charge in [-0.2, -0.15) is 0 Å². The topological polar surface area (TPSA) is 59.4 Å². The van der Waals surface area contributed by atoms with Crippen LogP contribution in [0.1, 0.15) is 17.0 Å². The molecule has 0 radical (unpaired) electrons. The second-order valence-corrected chi connectivity index (χ2v) is 7.33. The molecule has 5 rings (SSSR count). The van der Waals surface area contributed by atoms with E-state index < -0.39 is 0 Å². The lowest BCUT2D eigenvalue weighted by Gasteiger charge is -2.09. The van der Waals surface area contributed by atoms with Gasteiger partial charge in [0.05, 0.1) is 12.3 Å². The van der Waals surface area contributed by atoms with E-state index in [4.69, 9.17) is 9.72 Å². The van der Waals surface area contributed by atoms with Crippen LogP contribution >= 0.6 is 0 Å². The largest absolute Gasteiger partial charge is 0.378 e. The van der Waals surface area contributed by atoms with Crippen molar-refractivity contribution in [2.75, 3.05) is 7.11 Å². The van der Waals surface area contributed by atoms with Crippen molar-refractivity contribution < 1.29 is 4.74 Å². The number of rotatable bonds is 5. The number of methoxy groups -OCH3 is 1. The molecule has 0 fully saturated rings. The fourth-order valence-corrected chi connectivity index (χ4v) is 4.01. The van der Waals surface area contributed by atoms with Crippen molar-refractivity contribution in [2.45, 2.75) is 13.0 Å². The SMILES string of the molecule is COCc1cc(=O)n2[nH]c(Cc3ccccc3)c(-c3cccc4ccccc34)c2n1. The Morgan fingerprint density at radius 1 is 0.967 bits per heavy atom. The Bertz CT molecular complexity index is 1400. The molecule has 0 saturated heterocycles. The molecule has 2 heterocycles. The summed E-state index contributed by atoms with van der Waals surface area (Å²) in [6.45, 7) is 0.292. The van der Waals surface area contributed by atoms with Crippen LogP contribution in [-0.2, 0) is 17.8 Å². The molecule has 0 aliphatic rings. The zero-order valence-electron chi connectivity index (χ0n) is 16.6. The maximum absolute atomic E-state index is 12.8. The van der Waals surface area contributed by atoms with Gasteiger partial charge in [0.15, 0.2) is 5.65 Å². The third-order valence-corrected chi connectivity index (χ3v) is 5.32. The van der Waals surface area contributed by atoms with E-state index in [1.165, 1.54) is 10.6 Å². The molecular weight excluding hydrogens is 374 g/mol. The quantitative estimate of drug-likeness (QED) is 0.474. The summed E-state index contributed by atoms with van der Waals surface area (Å²) in [4.78, 5) is 17.6. The van der Waals surface area contributed by atoms with Crippen LogP contribution in [0.15, 0.2) is 83.7 Å². The summed E-state index contributed by atoms with van der Waals surface area (Å²) in [6.07, 6.45) is 0.668. The highest BCUT2D eigenvalue weighted by Crippen LogP contribution is 2.34. The van der Waals surface area contributed by atoms with E-state index in [0.29, 0.717) is 24.4 Å². The molecule has 5 aromatic rings. The van der Waals surface area contributed by atoms with Crippen molar-refractivity contribution in [2.24, 2.45) is 0 Å². The van der Waals surface area contributed by atoms with Crippen molar-refractivity contribution in [3.05, 3.63) is 106 Å². The number of nitrogens with zero attached hydrogens (tertiary/aromatic N) is 2. The van der Waals surface area contributed by atoms with Crippen LogP contribution in [0, 0.1) is 0 Å². The Hall–Kier alpha value is -3.70. The molecule has 0 unspecified atom stereocenters. The van der Waals surface area contributed by atoms with Crippen LogP contribution in [-0.4, -0.2) is 21.7 Å². The Morgan fingerprint density at radius 3 is 2.57 bits per heavy atom. The van der Waals surface area contributed by atoms with Crippen molar-refractivity contribution in [1.29, 1.82) is 0 Å². The minimum absolute atomic E-state index is 0.146. The summed E-state index contributed by atoms with van der Waals surface area (Å²) in [6, 6.07) is 26.3. The maximum atomic E-state index is 12.8. The first-order chi connectivity index (χ1) is 14.7. The highest BCUT2D eigenvalue weighted by Gasteiger charge is 2.19. The molecule has 0 bridgehead atoms. The zero-order chi connectivity index (χ0) is 20.5. The van der Waals surface area contributed by atoms with Crippen LogP contribution in [0.3, 0.4) is 0 Å². The monoisotopic (exact) mass is 395 g/mol. The number of nitrogens with one attached hydrogen (secondary N) is 1. The number of benzene rings is 3. The molecule has 3 aromatic carbocycles.